The second kappa shape index (κ2) is 10.8. The molecule has 0 aliphatic rings. The zero-order valence-corrected chi connectivity index (χ0v) is 12.3. The van der Waals surface area contributed by atoms with Gasteiger partial charge in [0.1, 0.15) is 0 Å². The number of allylic oxidation sites excluding steroid dienone is 1. The van der Waals surface area contributed by atoms with Crippen LogP contribution in [0.4, 0.5) is 0 Å². The zero-order chi connectivity index (χ0) is 13.8. The van der Waals surface area contributed by atoms with Crippen molar-refractivity contribution >= 4 is 23.4 Å². The van der Waals surface area contributed by atoms with Crippen LogP contribution in [0.15, 0.2) is 23.6 Å². The predicted molar refractivity (Wildman–Crippen MR) is 82.5 cm³/mol. The summed E-state index contributed by atoms with van der Waals surface area (Å²) in [6, 6.07) is 4.22. The first-order chi connectivity index (χ1) is 9.29. The molecule has 1 rings (SSSR count). The molecule has 1 heterocycles. The molecule has 0 saturated carbocycles. The van der Waals surface area contributed by atoms with E-state index in [2.05, 4.69) is 29.7 Å². The highest BCUT2D eigenvalue weighted by Gasteiger charge is 1.96. The minimum Gasteiger partial charge on any atom is -0.481 e. The van der Waals surface area contributed by atoms with Gasteiger partial charge < -0.3 is 5.11 Å². The summed E-state index contributed by atoms with van der Waals surface area (Å²) in [5, 5.41) is 10.6. The summed E-state index contributed by atoms with van der Waals surface area (Å²) in [7, 11) is 0. The van der Waals surface area contributed by atoms with Crippen molar-refractivity contribution in [1.82, 2.24) is 0 Å². The molecule has 0 aliphatic carbocycles. The van der Waals surface area contributed by atoms with Crippen molar-refractivity contribution in [1.29, 1.82) is 0 Å². The number of aliphatic carboxylic acids is 1. The van der Waals surface area contributed by atoms with E-state index in [4.69, 9.17) is 5.11 Å². The first kappa shape index (κ1) is 16.0. The van der Waals surface area contributed by atoms with E-state index in [-0.39, 0.29) is 0 Å². The van der Waals surface area contributed by atoms with E-state index < -0.39 is 5.97 Å². The molecule has 1 N–H and O–H groups in total. The summed E-state index contributed by atoms with van der Waals surface area (Å²) in [4.78, 5) is 11.6. The van der Waals surface area contributed by atoms with Gasteiger partial charge in [-0.1, -0.05) is 44.2 Å². The van der Waals surface area contributed by atoms with Crippen LogP contribution in [-0.2, 0) is 4.79 Å². The molecule has 19 heavy (non-hydrogen) atoms. The molecular formula is C16H24O2S. The Morgan fingerprint density at radius 3 is 2.42 bits per heavy atom. The molecular weight excluding hydrogens is 256 g/mol. The maximum Gasteiger partial charge on any atom is 0.303 e. The molecule has 0 atom stereocenters. The van der Waals surface area contributed by atoms with E-state index >= 15 is 0 Å². The monoisotopic (exact) mass is 280 g/mol. The fourth-order valence-electron chi connectivity index (χ4n) is 2.01. The van der Waals surface area contributed by atoms with Crippen molar-refractivity contribution in [3.05, 3.63) is 28.5 Å². The fraction of sp³-hybridized carbons (Fsp3) is 0.562. The Balaban J connectivity index is 1.82. The molecule has 0 fully saturated rings. The summed E-state index contributed by atoms with van der Waals surface area (Å²) >= 11 is 1.78. The summed E-state index contributed by atoms with van der Waals surface area (Å²) in [6.45, 7) is 0. The summed E-state index contributed by atoms with van der Waals surface area (Å²) in [5.41, 5.74) is 0. The number of hydrogen-bond acceptors (Lipinski definition) is 2. The molecule has 106 valence electrons. The molecule has 0 spiro atoms. The molecule has 0 saturated heterocycles. The van der Waals surface area contributed by atoms with Crippen LogP contribution in [0.25, 0.3) is 6.08 Å². The third-order valence-electron chi connectivity index (χ3n) is 3.09. The zero-order valence-electron chi connectivity index (χ0n) is 11.5. The highest BCUT2D eigenvalue weighted by atomic mass is 32.1. The van der Waals surface area contributed by atoms with Gasteiger partial charge in [0.15, 0.2) is 0 Å². The number of carbonyl (C=O) groups is 1. The molecule has 3 heteroatoms. The van der Waals surface area contributed by atoms with Crippen LogP contribution in [0.3, 0.4) is 0 Å². The molecule has 0 unspecified atom stereocenters. The van der Waals surface area contributed by atoms with Crippen molar-refractivity contribution in [3.63, 3.8) is 0 Å². The van der Waals surface area contributed by atoms with Gasteiger partial charge in [-0.25, -0.2) is 0 Å². The van der Waals surface area contributed by atoms with Crippen LogP contribution >= 0.6 is 11.3 Å². The lowest BCUT2D eigenvalue weighted by Gasteiger charge is -2.00. The van der Waals surface area contributed by atoms with Gasteiger partial charge in [0.05, 0.1) is 0 Å². The van der Waals surface area contributed by atoms with Crippen molar-refractivity contribution in [2.45, 2.75) is 57.8 Å². The number of thiophene rings is 1. The van der Waals surface area contributed by atoms with Crippen molar-refractivity contribution in [3.8, 4) is 0 Å². The lowest BCUT2D eigenvalue weighted by molar-refractivity contribution is -0.137. The molecule has 1 aromatic rings. The van der Waals surface area contributed by atoms with Gasteiger partial charge in [0.25, 0.3) is 0 Å². The summed E-state index contributed by atoms with van der Waals surface area (Å²) < 4.78 is 0. The minimum atomic E-state index is -0.669. The van der Waals surface area contributed by atoms with Gasteiger partial charge in [-0.2, -0.15) is 0 Å². The van der Waals surface area contributed by atoms with Crippen LogP contribution in [0.5, 0.6) is 0 Å². The van der Waals surface area contributed by atoms with Crippen LogP contribution in [0.2, 0.25) is 0 Å². The second-order valence-corrected chi connectivity index (χ2v) is 5.80. The molecule has 0 radical (unpaired) electrons. The lowest BCUT2D eigenvalue weighted by Crippen LogP contribution is -1.93. The predicted octanol–water partition coefficient (Wildman–Crippen LogP) is 5.36. The van der Waals surface area contributed by atoms with Gasteiger partial charge in [0, 0.05) is 11.3 Å². The SMILES string of the molecule is O=C(O)CCCCCCCCC/C=C/c1cccs1. The summed E-state index contributed by atoms with van der Waals surface area (Å²) in [5.74, 6) is -0.669. The second-order valence-electron chi connectivity index (χ2n) is 4.83. The highest BCUT2D eigenvalue weighted by Crippen LogP contribution is 2.13. The Kier molecular flexibility index (Phi) is 9.07. The van der Waals surface area contributed by atoms with Crippen molar-refractivity contribution < 1.29 is 9.90 Å². The maximum absolute atomic E-state index is 10.3. The topological polar surface area (TPSA) is 37.3 Å². The van der Waals surface area contributed by atoms with Gasteiger partial charge >= 0.3 is 5.97 Å². The lowest BCUT2D eigenvalue weighted by atomic mass is 10.1. The van der Waals surface area contributed by atoms with E-state index in [1.165, 1.54) is 37.0 Å². The highest BCUT2D eigenvalue weighted by molar-refractivity contribution is 7.10. The van der Waals surface area contributed by atoms with E-state index in [9.17, 15) is 4.79 Å². The normalized spacial score (nSPS) is 11.2. The number of unbranched alkanes of at least 4 members (excludes halogenated alkanes) is 7. The molecule has 0 aromatic carbocycles. The minimum absolute atomic E-state index is 0.327. The van der Waals surface area contributed by atoms with Crippen LogP contribution in [0.1, 0.15) is 62.7 Å². The number of hydrogen-bond donors (Lipinski definition) is 1. The van der Waals surface area contributed by atoms with Crippen LogP contribution < -0.4 is 0 Å². The van der Waals surface area contributed by atoms with Crippen LogP contribution in [0, 0.1) is 0 Å². The Morgan fingerprint density at radius 2 is 1.79 bits per heavy atom. The third kappa shape index (κ3) is 9.48. The fourth-order valence-corrected chi connectivity index (χ4v) is 2.65. The smallest absolute Gasteiger partial charge is 0.303 e. The van der Waals surface area contributed by atoms with Crippen LogP contribution in [-0.4, -0.2) is 11.1 Å². The average Bonchev–Trinajstić information content (AvgIpc) is 2.88. The molecule has 2 nitrogen and oxygen atoms in total. The Bertz CT molecular complexity index is 355. The first-order valence-corrected chi connectivity index (χ1v) is 8.09. The van der Waals surface area contributed by atoms with E-state index in [1.807, 2.05) is 0 Å². The number of rotatable bonds is 11. The molecule has 0 aliphatic heterocycles. The van der Waals surface area contributed by atoms with Gasteiger partial charge in [0.2, 0.25) is 0 Å². The van der Waals surface area contributed by atoms with E-state index in [0.717, 1.165) is 19.3 Å². The largest absolute Gasteiger partial charge is 0.481 e. The van der Waals surface area contributed by atoms with Gasteiger partial charge in [-0.3, -0.25) is 4.79 Å². The number of carboxylic acids is 1. The average molecular weight is 280 g/mol. The number of carboxylic acid groups (broad SMARTS) is 1. The Labute approximate surface area is 120 Å². The van der Waals surface area contributed by atoms with Crippen molar-refractivity contribution in [2.75, 3.05) is 0 Å². The Hall–Kier alpha value is -1.09. The molecule has 0 bridgehead atoms. The van der Waals surface area contributed by atoms with E-state index in [0.29, 0.717) is 6.42 Å². The summed E-state index contributed by atoms with van der Waals surface area (Å²) in [6.07, 6.45) is 14.1. The molecule has 1 aromatic heterocycles. The quantitative estimate of drug-likeness (QED) is 0.554. The standard InChI is InChI=1S/C16H24O2S/c17-16(18)13-9-7-5-3-1-2-4-6-8-11-15-12-10-14-19-15/h8,10-12,14H,1-7,9,13H2,(H,17,18)/b11-8+. The van der Waals surface area contributed by atoms with E-state index in [1.54, 1.807) is 11.3 Å². The first-order valence-electron chi connectivity index (χ1n) is 7.21. The third-order valence-corrected chi connectivity index (χ3v) is 3.92. The Morgan fingerprint density at radius 1 is 1.11 bits per heavy atom. The maximum atomic E-state index is 10.3. The van der Waals surface area contributed by atoms with Crippen molar-refractivity contribution in [2.24, 2.45) is 0 Å². The van der Waals surface area contributed by atoms with Gasteiger partial charge in [-0.15, -0.1) is 11.3 Å². The van der Waals surface area contributed by atoms with Gasteiger partial charge in [-0.05, 0) is 36.8 Å². The molecule has 0 amide bonds.